The van der Waals surface area contributed by atoms with Crippen molar-refractivity contribution in [1.82, 2.24) is 15.2 Å². The fraction of sp³-hybridized carbons (Fsp3) is 0.471. The molecule has 2 aliphatic heterocycles. The van der Waals surface area contributed by atoms with Gasteiger partial charge < -0.3 is 15.0 Å². The molecular weight excluding hydrogens is 324 g/mol. The zero-order valence-electron chi connectivity index (χ0n) is 14.3. The molecule has 1 aromatic heterocycles. The Morgan fingerprint density at radius 1 is 1.46 bits per heavy atom. The van der Waals surface area contributed by atoms with Crippen molar-refractivity contribution < 1.29 is 9.53 Å². The highest BCUT2D eigenvalue weighted by molar-refractivity contribution is 8.16. The van der Waals surface area contributed by atoms with Crippen LogP contribution in [0.3, 0.4) is 0 Å². The van der Waals surface area contributed by atoms with E-state index in [2.05, 4.69) is 20.2 Å². The van der Waals surface area contributed by atoms with Gasteiger partial charge in [0.2, 0.25) is 11.8 Å². The molecule has 7 heteroatoms. The summed E-state index contributed by atoms with van der Waals surface area (Å²) in [6, 6.07) is 2.00. The molecule has 0 unspecified atom stereocenters. The van der Waals surface area contributed by atoms with Crippen LogP contribution < -0.4 is 10.1 Å². The van der Waals surface area contributed by atoms with Gasteiger partial charge in [-0.05, 0) is 37.3 Å². The van der Waals surface area contributed by atoms with E-state index in [9.17, 15) is 4.79 Å². The molecule has 3 rings (SSSR count). The molecule has 1 amide bonds. The number of aryl methyl sites for hydroxylation is 2. The number of amides is 1. The lowest BCUT2D eigenvalue weighted by Gasteiger charge is -2.25. The molecule has 0 aliphatic carbocycles. The second-order valence-electron chi connectivity index (χ2n) is 5.92. The number of thioether (sulfide) groups is 1. The minimum absolute atomic E-state index is 0.00398. The number of nitrogens with zero attached hydrogens (tertiary/aromatic N) is 3. The number of carbonyl (C=O) groups is 1. The van der Waals surface area contributed by atoms with Gasteiger partial charge in [0.05, 0.1) is 13.5 Å². The fourth-order valence-corrected chi connectivity index (χ4v) is 3.85. The highest BCUT2D eigenvalue weighted by Gasteiger charge is 2.26. The third kappa shape index (κ3) is 3.56. The average molecular weight is 346 g/mol. The van der Waals surface area contributed by atoms with Crippen molar-refractivity contribution in [2.24, 2.45) is 4.99 Å². The smallest absolute Gasteiger partial charge is 0.226 e. The number of methoxy groups -OCH3 is 1. The Kier molecular flexibility index (Phi) is 5.08. The Bertz CT molecular complexity index is 715. The molecule has 0 saturated carbocycles. The van der Waals surface area contributed by atoms with Gasteiger partial charge in [-0.15, -0.1) is 0 Å². The minimum Gasteiger partial charge on any atom is -0.481 e. The number of aliphatic imine (C=N–C) groups is 1. The van der Waals surface area contributed by atoms with Crippen LogP contribution in [0.2, 0.25) is 0 Å². The molecule has 0 spiro atoms. The maximum Gasteiger partial charge on any atom is 0.226 e. The van der Waals surface area contributed by atoms with Crippen LogP contribution >= 0.6 is 11.8 Å². The molecule has 3 heterocycles. The molecule has 0 fully saturated rings. The van der Waals surface area contributed by atoms with Gasteiger partial charge >= 0.3 is 0 Å². The monoisotopic (exact) mass is 346 g/mol. The van der Waals surface area contributed by atoms with Gasteiger partial charge in [-0.25, -0.2) is 4.98 Å². The van der Waals surface area contributed by atoms with E-state index in [0.717, 1.165) is 47.2 Å². The van der Waals surface area contributed by atoms with Crippen LogP contribution in [-0.4, -0.2) is 41.2 Å². The lowest BCUT2D eigenvalue weighted by molar-refractivity contribution is -0.120. The number of pyridine rings is 1. The molecule has 128 valence electrons. The summed E-state index contributed by atoms with van der Waals surface area (Å²) < 4.78 is 5.34. The topological polar surface area (TPSA) is 66.8 Å². The summed E-state index contributed by atoms with van der Waals surface area (Å²) in [7, 11) is 1.60. The summed E-state index contributed by atoms with van der Waals surface area (Å²) in [5.41, 5.74) is 3.93. The fourth-order valence-electron chi connectivity index (χ4n) is 2.90. The van der Waals surface area contributed by atoms with Crippen molar-refractivity contribution in [3.8, 4) is 5.88 Å². The van der Waals surface area contributed by atoms with Crippen LogP contribution in [0, 0.1) is 13.8 Å². The summed E-state index contributed by atoms with van der Waals surface area (Å²) in [5, 5.41) is 6.03. The standard InChI is InChI=1S/C17H22N4O2S/c1-11-7-12(2)20-16(23-3)14(11)9-19-15(22)8-13-10-24-17-18-5-4-6-21(13)17/h7,10H,4-6,8-9H2,1-3H3,(H,19,22). The molecular formula is C17H22N4O2S. The minimum atomic E-state index is -0.00398. The zero-order valence-corrected chi connectivity index (χ0v) is 15.1. The van der Waals surface area contributed by atoms with Gasteiger partial charge in [0.15, 0.2) is 5.17 Å². The Balaban J connectivity index is 1.61. The normalized spacial score (nSPS) is 16.4. The Labute approximate surface area is 146 Å². The lowest BCUT2D eigenvalue weighted by Crippen LogP contribution is -2.32. The van der Waals surface area contributed by atoms with Crippen molar-refractivity contribution in [3.05, 3.63) is 34.0 Å². The summed E-state index contributed by atoms with van der Waals surface area (Å²) in [6.45, 7) is 6.18. The lowest BCUT2D eigenvalue weighted by atomic mass is 10.1. The number of carbonyl (C=O) groups excluding carboxylic acids is 1. The van der Waals surface area contributed by atoms with Gasteiger partial charge in [0, 0.05) is 36.6 Å². The molecule has 0 radical (unpaired) electrons. The first-order valence-corrected chi connectivity index (χ1v) is 8.92. The predicted molar refractivity (Wildman–Crippen MR) is 96.0 cm³/mol. The molecule has 1 N–H and O–H groups in total. The first kappa shape index (κ1) is 16.8. The molecule has 0 atom stereocenters. The van der Waals surface area contributed by atoms with Gasteiger partial charge in [0.1, 0.15) is 0 Å². The number of hydrogen-bond acceptors (Lipinski definition) is 6. The molecule has 6 nitrogen and oxygen atoms in total. The van der Waals surface area contributed by atoms with E-state index in [4.69, 9.17) is 4.74 Å². The van der Waals surface area contributed by atoms with Gasteiger partial charge in [0.25, 0.3) is 0 Å². The van der Waals surface area contributed by atoms with Gasteiger partial charge in [-0.2, -0.15) is 0 Å². The molecule has 24 heavy (non-hydrogen) atoms. The summed E-state index contributed by atoms with van der Waals surface area (Å²) in [5.74, 6) is 0.574. The number of amidine groups is 1. The van der Waals surface area contributed by atoms with E-state index in [1.807, 2.05) is 25.3 Å². The molecule has 0 saturated heterocycles. The SMILES string of the molecule is COc1nc(C)cc(C)c1CNC(=O)CC1=CSC2=NCCCN12. The molecule has 2 aliphatic rings. The van der Waals surface area contributed by atoms with Crippen molar-refractivity contribution in [1.29, 1.82) is 0 Å². The van der Waals surface area contributed by atoms with Crippen LogP contribution in [0.1, 0.15) is 29.7 Å². The molecule has 0 aromatic carbocycles. The predicted octanol–water partition coefficient (Wildman–Crippen LogP) is 2.36. The number of fused-ring (bicyclic) bond motifs is 1. The van der Waals surface area contributed by atoms with Crippen LogP contribution in [0.25, 0.3) is 0 Å². The largest absolute Gasteiger partial charge is 0.481 e. The van der Waals surface area contributed by atoms with E-state index >= 15 is 0 Å². The average Bonchev–Trinajstić information content (AvgIpc) is 2.96. The number of aromatic nitrogens is 1. The Morgan fingerprint density at radius 2 is 2.29 bits per heavy atom. The Hall–Kier alpha value is -2.02. The number of hydrogen-bond donors (Lipinski definition) is 1. The third-order valence-corrected chi connectivity index (χ3v) is 5.05. The molecule has 0 bridgehead atoms. The van der Waals surface area contributed by atoms with Crippen molar-refractivity contribution >= 4 is 22.8 Å². The quantitative estimate of drug-likeness (QED) is 0.886. The third-order valence-electron chi connectivity index (χ3n) is 4.10. The first-order chi connectivity index (χ1) is 11.6. The van der Waals surface area contributed by atoms with Crippen molar-refractivity contribution in [2.75, 3.05) is 20.2 Å². The second-order valence-corrected chi connectivity index (χ2v) is 6.75. The highest BCUT2D eigenvalue weighted by atomic mass is 32.2. The first-order valence-electron chi connectivity index (χ1n) is 8.04. The van der Waals surface area contributed by atoms with Crippen LogP contribution in [0.15, 0.2) is 22.2 Å². The summed E-state index contributed by atoms with van der Waals surface area (Å²) in [4.78, 5) is 23.3. The van der Waals surface area contributed by atoms with E-state index in [-0.39, 0.29) is 5.91 Å². The maximum atomic E-state index is 12.3. The van der Waals surface area contributed by atoms with E-state index < -0.39 is 0 Å². The van der Waals surface area contributed by atoms with Crippen molar-refractivity contribution in [2.45, 2.75) is 33.2 Å². The van der Waals surface area contributed by atoms with Crippen LogP contribution in [-0.2, 0) is 11.3 Å². The van der Waals surface area contributed by atoms with Crippen LogP contribution in [0.4, 0.5) is 0 Å². The van der Waals surface area contributed by atoms with Crippen molar-refractivity contribution in [3.63, 3.8) is 0 Å². The Morgan fingerprint density at radius 3 is 3.08 bits per heavy atom. The van der Waals surface area contributed by atoms with E-state index in [0.29, 0.717) is 18.8 Å². The summed E-state index contributed by atoms with van der Waals surface area (Å²) in [6.07, 6.45) is 1.40. The second kappa shape index (κ2) is 7.25. The highest BCUT2D eigenvalue weighted by Crippen LogP contribution is 2.30. The molecule has 1 aromatic rings. The number of ether oxygens (including phenoxy) is 1. The van der Waals surface area contributed by atoms with Gasteiger partial charge in [-0.3, -0.25) is 9.79 Å². The number of rotatable bonds is 5. The zero-order chi connectivity index (χ0) is 17.1. The van der Waals surface area contributed by atoms with Gasteiger partial charge in [-0.1, -0.05) is 11.8 Å². The summed E-state index contributed by atoms with van der Waals surface area (Å²) >= 11 is 1.60. The van der Waals surface area contributed by atoms with Crippen LogP contribution in [0.5, 0.6) is 5.88 Å². The van der Waals surface area contributed by atoms with E-state index in [1.165, 1.54) is 0 Å². The van der Waals surface area contributed by atoms with E-state index in [1.54, 1.807) is 18.9 Å². The number of nitrogens with one attached hydrogen (secondary N) is 1. The maximum absolute atomic E-state index is 12.3.